The molecule has 2 aromatic heterocycles. The van der Waals surface area contributed by atoms with Crippen LogP contribution in [0.2, 0.25) is 0 Å². The topological polar surface area (TPSA) is 180 Å². The van der Waals surface area contributed by atoms with E-state index in [2.05, 4.69) is 35.8 Å². The quantitative estimate of drug-likeness (QED) is 0.359. The second-order valence-electron chi connectivity index (χ2n) is 5.62. The highest BCUT2D eigenvalue weighted by atomic mass is 16.6. The number of nitro benzene ring substituents is 1. The second-order valence-corrected chi connectivity index (χ2v) is 5.62. The number of hydrogen-bond acceptors (Lipinski definition) is 10. The van der Waals surface area contributed by atoms with Crippen molar-refractivity contribution >= 4 is 23.1 Å². The number of nitrogens with zero attached hydrogens (tertiary/aromatic N) is 7. The summed E-state index contributed by atoms with van der Waals surface area (Å²) in [6.45, 7) is 3.64. The third kappa shape index (κ3) is 3.53. The molecule has 1 aromatic carbocycles. The Morgan fingerprint density at radius 3 is 2.86 bits per heavy atom. The van der Waals surface area contributed by atoms with Gasteiger partial charge in [-0.25, -0.2) is 10.1 Å². The first-order chi connectivity index (χ1) is 13.4. The number of nitro groups is 1. The molecule has 28 heavy (non-hydrogen) atoms. The van der Waals surface area contributed by atoms with E-state index in [4.69, 9.17) is 5.73 Å². The number of nitrogens with two attached hydrogens (primary N) is 1. The fraction of sp³-hybridized carbons (Fsp3) is 0.200. The summed E-state index contributed by atoms with van der Waals surface area (Å²) in [6, 6.07) is 5.62. The van der Waals surface area contributed by atoms with Crippen LogP contribution in [0.25, 0.3) is 17.1 Å². The van der Waals surface area contributed by atoms with Gasteiger partial charge in [-0.1, -0.05) is 24.3 Å². The van der Waals surface area contributed by atoms with Crippen molar-refractivity contribution in [3.63, 3.8) is 0 Å². The van der Waals surface area contributed by atoms with Gasteiger partial charge in [-0.15, -0.1) is 5.10 Å². The minimum atomic E-state index is -0.657. The highest BCUT2D eigenvalue weighted by Gasteiger charge is 2.26. The van der Waals surface area contributed by atoms with Crippen LogP contribution >= 0.6 is 0 Å². The molecule has 144 valence electrons. The van der Waals surface area contributed by atoms with Gasteiger partial charge < -0.3 is 5.73 Å². The maximum atomic E-state index is 12.6. The maximum absolute atomic E-state index is 12.6. The number of hydrazone groups is 1. The van der Waals surface area contributed by atoms with Crippen molar-refractivity contribution < 1.29 is 14.3 Å². The lowest BCUT2D eigenvalue weighted by molar-refractivity contribution is -0.384. The Bertz CT molecular complexity index is 1070. The van der Waals surface area contributed by atoms with Crippen LogP contribution in [0.15, 0.2) is 34.0 Å². The number of carbonyl (C=O) groups excluding carboxylic acids is 1. The standard InChI is InChI=1S/C15H15N9O4/c1-3-8(2)17-19-15(25)11-12(9-5-4-6-10(7-9)24(26)27)23(22-18-11)14-13(16)20-28-21-14/h4-7H,3H2,1-2H3,(H2,16,20)(H,19,25)/b17-8-. The monoisotopic (exact) mass is 385 g/mol. The summed E-state index contributed by atoms with van der Waals surface area (Å²) in [5.41, 5.74) is 8.89. The molecule has 13 heteroatoms. The van der Waals surface area contributed by atoms with E-state index in [9.17, 15) is 14.9 Å². The van der Waals surface area contributed by atoms with Crippen LogP contribution in [0.3, 0.4) is 0 Å². The minimum Gasteiger partial charge on any atom is -0.378 e. The molecule has 0 saturated heterocycles. The molecule has 0 spiro atoms. The predicted molar refractivity (Wildman–Crippen MR) is 96.6 cm³/mol. The molecule has 0 unspecified atom stereocenters. The molecule has 0 atom stereocenters. The van der Waals surface area contributed by atoms with Crippen LogP contribution in [-0.4, -0.2) is 41.8 Å². The summed E-state index contributed by atoms with van der Waals surface area (Å²) in [4.78, 5) is 23.2. The minimum absolute atomic E-state index is 0.0127. The van der Waals surface area contributed by atoms with E-state index in [0.717, 1.165) is 4.68 Å². The summed E-state index contributed by atoms with van der Waals surface area (Å²) in [5.74, 6) is -0.764. The van der Waals surface area contributed by atoms with Gasteiger partial charge in [0.05, 0.1) is 4.92 Å². The maximum Gasteiger partial charge on any atom is 0.294 e. The number of amides is 1. The van der Waals surface area contributed by atoms with E-state index in [-0.39, 0.29) is 28.7 Å². The normalized spacial score (nSPS) is 11.4. The zero-order valence-corrected chi connectivity index (χ0v) is 14.9. The number of carbonyl (C=O) groups is 1. The van der Waals surface area contributed by atoms with Crippen molar-refractivity contribution in [1.29, 1.82) is 0 Å². The van der Waals surface area contributed by atoms with Gasteiger partial charge in [-0.3, -0.25) is 14.9 Å². The highest BCUT2D eigenvalue weighted by molar-refractivity contribution is 5.99. The molecule has 0 aliphatic rings. The summed E-state index contributed by atoms with van der Waals surface area (Å²) in [7, 11) is 0. The van der Waals surface area contributed by atoms with Gasteiger partial charge in [0.15, 0.2) is 5.69 Å². The number of aromatic nitrogens is 5. The number of nitrogen functional groups attached to an aromatic ring is 1. The van der Waals surface area contributed by atoms with Crippen molar-refractivity contribution in [3.05, 3.63) is 40.1 Å². The molecule has 3 N–H and O–H groups in total. The van der Waals surface area contributed by atoms with Crippen LogP contribution in [0.1, 0.15) is 30.8 Å². The summed E-state index contributed by atoms with van der Waals surface area (Å²) < 4.78 is 5.69. The fourth-order valence-corrected chi connectivity index (χ4v) is 2.22. The van der Waals surface area contributed by atoms with E-state index in [1.165, 1.54) is 18.2 Å². The summed E-state index contributed by atoms with van der Waals surface area (Å²) in [6.07, 6.45) is 0.645. The molecular weight excluding hydrogens is 370 g/mol. The first-order valence-corrected chi connectivity index (χ1v) is 8.04. The van der Waals surface area contributed by atoms with Gasteiger partial charge in [-0.2, -0.15) is 9.78 Å². The molecule has 13 nitrogen and oxygen atoms in total. The molecule has 0 aliphatic carbocycles. The summed E-state index contributed by atoms with van der Waals surface area (Å²) in [5, 5.41) is 29.9. The van der Waals surface area contributed by atoms with E-state index in [1.54, 1.807) is 13.0 Å². The lowest BCUT2D eigenvalue weighted by Gasteiger charge is -2.06. The smallest absolute Gasteiger partial charge is 0.294 e. The Balaban J connectivity index is 2.15. The predicted octanol–water partition coefficient (Wildman–Crippen LogP) is 1.32. The van der Waals surface area contributed by atoms with Crippen LogP contribution in [0.5, 0.6) is 0 Å². The summed E-state index contributed by atoms with van der Waals surface area (Å²) >= 11 is 0. The van der Waals surface area contributed by atoms with Crippen molar-refractivity contribution in [2.75, 3.05) is 5.73 Å². The molecule has 2 heterocycles. The molecule has 0 bridgehead atoms. The number of benzene rings is 1. The van der Waals surface area contributed by atoms with Crippen LogP contribution in [0, 0.1) is 10.1 Å². The average molecular weight is 385 g/mol. The first-order valence-electron chi connectivity index (χ1n) is 8.04. The largest absolute Gasteiger partial charge is 0.378 e. The first kappa shape index (κ1) is 18.6. The Kier molecular flexibility index (Phi) is 5.06. The van der Waals surface area contributed by atoms with Crippen LogP contribution in [-0.2, 0) is 0 Å². The molecule has 3 aromatic rings. The number of rotatable bonds is 6. The van der Waals surface area contributed by atoms with E-state index >= 15 is 0 Å². The Hall–Kier alpha value is -4.16. The second kappa shape index (κ2) is 7.61. The van der Waals surface area contributed by atoms with Gasteiger partial charge in [0.1, 0.15) is 5.69 Å². The van der Waals surface area contributed by atoms with Crippen LogP contribution < -0.4 is 11.2 Å². The van der Waals surface area contributed by atoms with E-state index < -0.39 is 10.8 Å². The van der Waals surface area contributed by atoms with E-state index in [0.29, 0.717) is 17.7 Å². The molecule has 0 saturated carbocycles. The molecule has 0 radical (unpaired) electrons. The third-order valence-corrected chi connectivity index (χ3v) is 3.77. The molecule has 0 aliphatic heterocycles. The Labute approximate surface area is 157 Å². The van der Waals surface area contributed by atoms with Crippen molar-refractivity contribution in [2.45, 2.75) is 20.3 Å². The zero-order valence-electron chi connectivity index (χ0n) is 14.9. The molecule has 1 amide bonds. The van der Waals surface area contributed by atoms with E-state index in [1.807, 2.05) is 6.92 Å². The lowest BCUT2D eigenvalue weighted by Crippen LogP contribution is -2.20. The molecule has 0 fully saturated rings. The molecular formula is C15H15N9O4. The highest BCUT2D eigenvalue weighted by Crippen LogP contribution is 2.28. The van der Waals surface area contributed by atoms with Gasteiger partial charge in [0, 0.05) is 23.4 Å². The lowest BCUT2D eigenvalue weighted by atomic mass is 10.1. The average Bonchev–Trinajstić information content (AvgIpc) is 3.31. The van der Waals surface area contributed by atoms with Crippen molar-refractivity contribution in [3.8, 4) is 17.1 Å². The number of anilines is 1. The Morgan fingerprint density at radius 1 is 1.43 bits per heavy atom. The van der Waals surface area contributed by atoms with Gasteiger partial charge in [-0.05, 0) is 23.7 Å². The van der Waals surface area contributed by atoms with Crippen molar-refractivity contribution in [1.82, 2.24) is 30.7 Å². The van der Waals surface area contributed by atoms with Crippen LogP contribution in [0.4, 0.5) is 11.5 Å². The molecule has 3 rings (SSSR count). The van der Waals surface area contributed by atoms with Crippen molar-refractivity contribution in [2.24, 2.45) is 5.10 Å². The third-order valence-electron chi connectivity index (χ3n) is 3.77. The number of hydrogen-bond donors (Lipinski definition) is 2. The zero-order chi connectivity index (χ0) is 20.3. The number of non-ortho nitro benzene ring substituents is 1. The van der Waals surface area contributed by atoms with Gasteiger partial charge in [0.2, 0.25) is 11.6 Å². The Morgan fingerprint density at radius 2 is 2.21 bits per heavy atom. The van der Waals surface area contributed by atoms with Gasteiger partial charge >= 0.3 is 0 Å². The fourth-order valence-electron chi connectivity index (χ4n) is 2.22. The number of nitrogens with one attached hydrogen (secondary N) is 1. The SMILES string of the molecule is CC/C(C)=N\NC(=O)c1nnn(-c2nonc2N)c1-c1cccc([N+](=O)[O-])c1. The van der Waals surface area contributed by atoms with Gasteiger partial charge in [0.25, 0.3) is 11.6 Å².